The maximum Gasteiger partial charge on any atom is 0.274 e. The van der Waals surface area contributed by atoms with Crippen LogP contribution in [0.1, 0.15) is 16.1 Å². The third-order valence-electron chi connectivity index (χ3n) is 3.36. The van der Waals surface area contributed by atoms with Crippen molar-refractivity contribution < 1.29 is 18.5 Å². The van der Waals surface area contributed by atoms with E-state index in [0.29, 0.717) is 11.5 Å². The monoisotopic (exact) mass is 336 g/mol. The molecule has 6 heteroatoms. The van der Waals surface area contributed by atoms with Crippen LogP contribution in [0.4, 0.5) is 0 Å². The Balaban J connectivity index is 1.45. The Hall–Kier alpha value is -3.46. The third-order valence-corrected chi connectivity index (χ3v) is 3.36. The molecule has 0 saturated heterocycles. The van der Waals surface area contributed by atoms with Gasteiger partial charge in [0.1, 0.15) is 12.4 Å². The van der Waals surface area contributed by atoms with Crippen LogP contribution < -0.4 is 10.1 Å². The topological polar surface area (TPSA) is 77.5 Å². The summed E-state index contributed by atoms with van der Waals surface area (Å²) in [5.74, 6) is 7.02. The summed E-state index contributed by atoms with van der Waals surface area (Å²) < 4.78 is 15.8. The Morgan fingerprint density at radius 3 is 2.88 bits per heavy atom. The largest absolute Gasteiger partial charge is 0.481 e. The van der Waals surface area contributed by atoms with Crippen LogP contribution in [-0.2, 0) is 0 Å². The predicted molar refractivity (Wildman–Crippen MR) is 91.0 cm³/mol. The fraction of sp³-hybridized carbons (Fsp3) is 0.158. The van der Waals surface area contributed by atoms with Gasteiger partial charge in [0.25, 0.3) is 5.91 Å². The molecule has 0 bridgehead atoms. The van der Waals surface area contributed by atoms with Gasteiger partial charge in [0.05, 0.1) is 12.8 Å². The van der Waals surface area contributed by atoms with Gasteiger partial charge in [0.2, 0.25) is 5.76 Å². The summed E-state index contributed by atoms with van der Waals surface area (Å²) >= 11 is 0. The van der Waals surface area contributed by atoms with E-state index >= 15 is 0 Å². The van der Waals surface area contributed by atoms with Crippen molar-refractivity contribution in [1.29, 1.82) is 0 Å². The number of aryl methyl sites for hydroxylation is 1. The summed E-state index contributed by atoms with van der Waals surface area (Å²) in [6, 6.07) is 12.7. The molecule has 3 aromatic rings. The number of para-hydroxylation sites is 1. The highest BCUT2D eigenvalue weighted by molar-refractivity contribution is 5.93. The number of ether oxygens (including phenoxy) is 1. The number of hydrogen-bond donors (Lipinski definition) is 1. The number of nitrogens with zero attached hydrogens (tertiary/aromatic N) is 1. The molecule has 2 heterocycles. The van der Waals surface area contributed by atoms with Crippen LogP contribution in [0.2, 0.25) is 0 Å². The third kappa shape index (κ3) is 4.30. The normalized spacial score (nSPS) is 9.96. The zero-order chi connectivity index (χ0) is 17.5. The number of nitrogens with one attached hydrogen (secondary N) is 1. The van der Waals surface area contributed by atoms with Crippen molar-refractivity contribution in [2.45, 2.75) is 6.92 Å². The second kappa shape index (κ2) is 7.88. The molecule has 0 fully saturated rings. The molecule has 0 saturated carbocycles. The highest BCUT2D eigenvalue weighted by atomic mass is 16.5. The lowest BCUT2D eigenvalue weighted by Crippen LogP contribution is -2.23. The number of carbonyl (C=O) groups excluding carboxylic acids is 1. The smallest absolute Gasteiger partial charge is 0.274 e. The molecule has 0 atom stereocenters. The molecule has 2 aromatic heterocycles. The van der Waals surface area contributed by atoms with E-state index in [1.807, 2.05) is 31.2 Å². The summed E-state index contributed by atoms with van der Waals surface area (Å²) in [6.45, 7) is 2.42. The average molecular weight is 336 g/mol. The Kier molecular flexibility index (Phi) is 5.17. The molecule has 1 amide bonds. The minimum atomic E-state index is -0.365. The first-order chi connectivity index (χ1) is 12.2. The molecule has 0 aliphatic carbocycles. The first-order valence-corrected chi connectivity index (χ1v) is 7.67. The van der Waals surface area contributed by atoms with Crippen LogP contribution in [0.3, 0.4) is 0 Å². The Morgan fingerprint density at radius 2 is 2.08 bits per heavy atom. The second-order valence-corrected chi connectivity index (χ2v) is 5.14. The van der Waals surface area contributed by atoms with Gasteiger partial charge in [-0.2, -0.15) is 0 Å². The number of aromatic nitrogens is 1. The molecule has 6 nitrogen and oxygen atoms in total. The first kappa shape index (κ1) is 16.4. The van der Waals surface area contributed by atoms with E-state index in [9.17, 15) is 4.79 Å². The molecule has 126 valence electrons. The summed E-state index contributed by atoms with van der Waals surface area (Å²) in [5.41, 5.74) is 1.22. The second-order valence-electron chi connectivity index (χ2n) is 5.14. The van der Waals surface area contributed by atoms with Gasteiger partial charge in [-0.3, -0.25) is 4.79 Å². The van der Waals surface area contributed by atoms with Crippen LogP contribution in [0.15, 0.2) is 57.7 Å². The van der Waals surface area contributed by atoms with Crippen molar-refractivity contribution in [3.8, 4) is 29.1 Å². The van der Waals surface area contributed by atoms with E-state index in [1.54, 1.807) is 12.1 Å². The molecule has 25 heavy (non-hydrogen) atoms. The fourth-order valence-electron chi connectivity index (χ4n) is 2.08. The first-order valence-electron chi connectivity index (χ1n) is 7.67. The number of benzene rings is 1. The predicted octanol–water partition coefficient (Wildman–Crippen LogP) is 3.06. The lowest BCUT2D eigenvalue weighted by Gasteiger charge is -2.04. The van der Waals surface area contributed by atoms with Gasteiger partial charge in [0, 0.05) is 6.07 Å². The number of furan rings is 1. The van der Waals surface area contributed by atoms with E-state index < -0.39 is 0 Å². The van der Waals surface area contributed by atoms with E-state index in [2.05, 4.69) is 22.3 Å². The van der Waals surface area contributed by atoms with E-state index in [0.717, 1.165) is 11.3 Å². The lowest BCUT2D eigenvalue weighted by atomic mass is 10.2. The maximum atomic E-state index is 12.0. The molecular weight excluding hydrogens is 320 g/mol. The molecule has 0 radical (unpaired) electrons. The highest BCUT2D eigenvalue weighted by Gasteiger charge is 2.14. The lowest BCUT2D eigenvalue weighted by molar-refractivity contribution is 0.0949. The van der Waals surface area contributed by atoms with Crippen LogP contribution in [0.25, 0.3) is 11.5 Å². The minimum absolute atomic E-state index is 0.171. The molecule has 3 rings (SSSR count). The van der Waals surface area contributed by atoms with Crippen molar-refractivity contribution in [2.24, 2.45) is 0 Å². The average Bonchev–Trinajstić information content (AvgIpc) is 3.30. The SMILES string of the molecule is Cc1ccccc1OCC#CCNC(=O)c1cc(-c2ccco2)on1. The van der Waals surface area contributed by atoms with Crippen molar-refractivity contribution in [3.63, 3.8) is 0 Å². The van der Waals surface area contributed by atoms with Gasteiger partial charge >= 0.3 is 0 Å². The van der Waals surface area contributed by atoms with Gasteiger partial charge in [-0.15, -0.1) is 0 Å². The standard InChI is InChI=1S/C19H16N2O4/c1-14-7-2-3-8-16(14)23-11-5-4-10-20-19(22)15-13-18(25-21-15)17-9-6-12-24-17/h2-3,6-9,12-13H,10-11H2,1H3,(H,20,22). The number of carbonyl (C=O) groups is 1. The number of amides is 1. The molecule has 0 spiro atoms. The molecule has 1 N–H and O–H groups in total. The zero-order valence-electron chi connectivity index (χ0n) is 13.6. The summed E-state index contributed by atoms with van der Waals surface area (Å²) in [5, 5.41) is 6.36. The van der Waals surface area contributed by atoms with Crippen molar-refractivity contribution in [3.05, 3.63) is 60.0 Å². The van der Waals surface area contributed by atoms with Crippen molar-refractivity contribution >= 4 is 5.91 Å². The highest BCUT2D eigenvalue weighted by Crippen LogP contribution is 2.20. The zero-order valence-corrected chi connectivity index (χ0v) is 13.6. The number of rotatable bonds is 5. The molecule has 0 aliphatic rings. The van der Waals surface area contributed by atoms with Gasteiger partial charge in [-0.1, -0.05) is 35.2 Å². The van der Waals surface area contributed by atoms with Crippen molar-refractivity contribution in [1.82, 2.24) is 10.5 Å². The summed E-state index contributed by atoms with van der Waals surface area (Å²) in [6.07, 6.45) is 1.52. The van der Waals surface area contributed by atoms with Gasteiger partial charge in [0.15, 0.2) is 11.5 Å². The molecule has 0 unspecified atom stereocenters. The van der Waals surface area contributed by atoms with Gasteiger partial charge < -0.3 is 19.0 Å². The van der Waals surface area contributed by atoms with Crippen LogP contribution in [0, 0.1) is 18.8 Å². The summed E-state index contributed by atoms with van der Waals surface area (Å²) in [7, 11) is 0. The van der Waals surface area contributed by atoms with Crippen LogP contribution in [0.5, 0.6) is 5.75 Å². The van der Waals surface area contributed by atoms with Gasteiger partial charge in [-0.05, 0) is 30.7 Å². The molecule has 1 aromatic carbocycles. The minimum Gasteiger partial charge on any atom is -0.481 e. The Morgan fingerprint density at radius 1 is 1.20 bits per heavy atom. The quantitative estimate of drug-likeness (QED) is 0.725. The van der Waals surface area contributed by atoms with Crippen LogP contribution in [-0.4, -0.2) is 24.2 Å². The Bertz CT molecular complexity index is 901. The molecule has 0 aliphatic heterocycles. The van der Waals surface area contributed by atoms with Gasteiger partial charge in [-0.25, -0.2) is 0 Å². The fourth-order valence-corrected chi connectivity index (χ4v) is 2.08. The number of hydrogen-bond acceptors (Lipinski definition) is 5. The molecular formula is C19H16N2O4. The Labute approximate surface area is 144 Å². The van der Waals surface area contributed by atoms with E-state index in [4.69, 9.17) is 13.7 Å². The maximum absolute atomic E-state index is 12.0. The van der Waals surface area contributed by atoms with E-state index in [-0.39, 0.29) is 24.8 Å². The summed E-state index contributed by atoms with van der Waals surface area (Å²) in [4.78, 5) is 12.0. The van der Waals surface area contributed by atoms with E-state index in [1.165, 1.54) is 12.3 Å². The van der Waals surface area contributed by atoms with Crippen molar-refractivity contribution in [2.75, 3.05) is 13.2 Å². The van der Waals surface area contributed by atoms with Crippen LogP contribution >= 0.6 is 0 Å².